The molecule has 2 amide bonds. The van der Waals surface area contributed by atoms with E-state index in [1.807, 2.05) is 46.2 Å². The van der Waals surface area contributed by atoms with Gasteiger partial charge in [-0.2, -0.15) is 0 Å². The van der Waals surface area contributed by atoms with Gasteiger partial charge in [0.2, 0.25) is 0 Å². The lowest BCUT2D eigenvalue weighted by Gasteiger charge is -2.23. The summed E-state index contributed by atoms with van der Waals surface area (Å²) in [5.74, 6) is -0.136. The molecule has 1 fully saturated rings. The maximum Gasteiger partial charge on any atom is 0.320 e. The maximum atomic E-state index is 13.2. The van der Waals surface area contributed by atoms with Crippen molar-refractivity contribution in [2.24, 2.45) is 0 Å². The highest BCUT2D eigenvalue weighted by Gasteiger charge is 2.37. The Kier molecular flexibility index (Phi) is 8.30. The predicted octanol–water partition coefficient (Wildman–Crippen LogP) is 5.18. The van der Waals surface area contributed by atoms with E-state index in [4.69, 9.17) is 0 Å². The van der Waals surface area contributed by atoms with Gasteiger partial charge in [-0.3, -0.25) is 4.79 Å². The van der Waals surface area contributed by atoms with Gasteiger partial charge in [-0.15, -0.1) is 0 Å². The van der Waals surface area contributed by atoms with Gasteiger partial charge in [0.15, 0.2) is 0 Å². The lowest BCUT2D eigenvalue weighted by molar-refractivity contribution is -0.140. The molecule has 1 aliphatic heterocycles. The summed E-state index contributed by atoms with van der Waals surface area (Å²) in [7, 11) is 1.43. The van der Waals surface area contributed by atoms with Gasteiger partial charge < -0.3 is 14.5 Å². The Morgan fingerprint density at radius 2 is 1.57 bits per heavy atom. The topological polar surface area (TPSA) is 49.9 Å². The number of hydrogen-bond donors (Lipinski definition) is 0. The predicted molar refractivity (Wildman–Crippen MR) is 118 cm³/mol. The van der Waals surface area contributed by atoms with Crippen molar-refractivity contribution in [3.63, 3.8) is 0 Å². The van der Waals surface area contributed by atoms with Gasteiger partial charge in [-0.05, 0) is 24.0 Å². The second kappa shape index (κ2) is 11.4. The first kappa shape index (κ1) is 21.9. The van der Waals surface area contributed by atoms with E-state index in [2.05, 4.69) is 29.0 Å². The highest BCUT2D eigenvalue weighted by molar-refractivity contribution is 5.77. The standard InChI is InChI=1S/C25H32N2O3/c1-30-24(28)17-11-3-2-4-12-18-26-20-23(22-15-9-6-10-16-22)27(25(26)29)19-21-13-7-5-8-14-21/h5-10,13-16,23H,2-4,11-12,17-20H2,1H3. The molecular weight excluding hydrogens is 376 g/mol. The Balaban J connectivity index is 1.53. The first-order valence-corrected chi connectivity index (χ1v) is 10.9. The number of carbonyl (C=O) groups is 2. The van der Waals surface area contributed by atoms with Crippen LogP contribution in [0.3, 0.4) is 0 Å². The zero-order chi connectivity index (χ0) is 21.2. The first-order valence-electron chi connectivity index (χ1n) is 10.9. The molecule has 0 N–H and O–H groups in total. The average molecular weight is 409 g/mol. The molecule has 2 aromatic carbocycles. The van der Waals surface area contributed by atoms with Crippen LogP contribution in [0.15, 0.2) is 60.7 Å². The van der Waals surface area contributed by atoms with Crippen LogP contribution in [-0.2, 0) is 16.1 Å². The van der Waals surface area contributed by atoms with E-state index in [0.717, 1.165) is 50.8 Å². The van der Waals surface area contributed by atoms with Crippen molar-refractivity contribution >= 4 is 12.0 Å². The third kappa shape index (κ3) is 6.09. The second-order valence-electron chi connectivity index (χ2n) is 7.86. The van der Waals surface area contributed by atoms with Crippen LogP contribution in [0, 0.1) is 0 Å². The van der Waals surface area contributed by atoms with E-state index < -0.39 is 0 Å². The molecule has 0 bridgehead atoms. The minimum absolute atomic E-state index is 0.0824. The van der Waals surface area contributed by atoms with Crippen LogP contribution in [0.1, 0.15) is 55.7 Å². The minimum Gasteiger partial charge on any atom is -0.469 e. The zero-order valence-corrected chi connectivity index (χ0v) is 17.8. The normalized spacial score (nSPS) is 16.2. The van der Waals surface area contributed by atoms with Crippen molar-refractivity contribution in [2.75, 3.05) is 20.2 Å². The van der Waals surface area contributed by atoms with E-state index in [0.29, 0.717) is 13.0 Å². The molecule has 1 unspecified atom stereocenters. The average Bonchev–Trinajstić information content (AvgIpc) is 3.09. The van der Waals surface area contributed by atoms with Gasteiger partial charge in [0.25, 0.3) is 0 Å². The van der Waals surface area contributed by atoms with Gasteiger partial charge in [0.1, 0.15) is 0 Å². The molecule has 5 nitrogen and oxygen atoms in total. The Morgan fingerprint density at radius 3 is 2.27 bits per heavy atom. The molecule has 0 aromatic heterocycles. The summed E-state index contributed by atoms with van der Waals surface area (Å²) in [6.07, 6.45) is 5.53. The number of unbranched alkanes of at least 4 members (excludes halogenated alkanes) is 4. The summed E-state index contributed by atoms with van der Waals surface area (Å²) < 4.78 is 4.67. The van der Waals surface area contributed by atoms with Crippen LogP contribution in [0.4, 0.5) is 4.79 Å². The third-order valence-electron chi connectivity index (χ3n) is 5.70. The van der Waals surface area contributed by atoms with Crippen LogP contribution < -0.4 is 0 Å². The van der Waals surface area contributed by atoms with Gasteiger partial charge in [0, 0.05) is 26.1 Å². The number of ether oxygens (including phenoxy) is 1. The number of nitrogens with zero attached hydrogens (tertiary/aromatic N) is 2. The second-order valence-corrected chi connectivity index (χ2v) is 7.86. The lowest BCUT2D eigenvalue weighted by Crippen LogP contribution is -2.32. The number of amides is 2. The summed E-state index contributed by atoms with van der Waals surface area (Å²) in [5, 5.41) is 0. The fourth-order valence-corrected chi connectivity index (χ4v) is 4.01. The number of methoxy groups -OCH3 is 1. The largest absolute Gasteiger partial charge is 0.469 e. The summed E-state index contributed by atoms with van der Waals surface area (Å²) in [4.78, 5) is 28.3. The summed E-state index contributed by atoms with van der Waals surface area (Å²) in [6.45, 7) is 2.14. The zero-order valence-electron chi connectivity index (χ0n) is 17.8. The van der Waals surface area contributed by atoms with Crippen molar-refractivity contribution in [2.45, 2.75) is 51.1 Å². The lowest BCUT2D eigenvalue weighted by atomic mass is 10.1. The monoisotopic (exact) mass is 408 g/mol. The molecular formula is C25H32N2O3. The Bertz CT molecular complexity index is 795. The Labute approximate surface area is 179 Å². The van der Waals surface area contributed by atoms with Crippen LogP contribution in [0.25, 0.3) is 0 Å². The molecule has 30 heavy (non-hydrogen) atoms. The molecule has 1 atom stereocenters. The van der Waals surface area contributed by atoms with Crippen LogP contribution in [0.5, 0.6) is 0 Å². The van der Waals surface area contributed by atoms with Gasteiger partial charge in [-0.25, -0.2) is 4.79 Å². The maximum absolute atomic E-state index is 13.2. The van der Waals surface area contributed by atoms with Gasteiger partial charge in [0.05, 0.1) is 13.2 Å². The van der Waals surface area contributed by atoms with Crippen molar-refractivity contribution in [1.82, 2.24) is 9.80 Å². The fraction of sp³-hybridized carbons (Fsp3) is 0.440. The highest BCUT2D eigenvalue weighted by atomic mass is 16.5. The van der Waals surface area contributed by atoms with Crippen LogP contribution >= 0.6 is 0 Å². The molecule has 3 rings (SSSR count). The molecule has 1 aliphatic rings. The van der Waals surface area contributed by atoms with Crippen LogP contribution in [-0.4, -0.2) is 42.0 Å². The van der Waals surface area contributed by atoms with Crippen LogP contribution in [0.2, 0.25) is 0 Å². The van der Waals surface area contributed by atoms with Crippen molar-refractivity contribution in [3.8, 4) is 0 Å². The molecule has 0 aliphatic carbocycles. The number of rotatable bonds is 11. The molecule has 2 aromatic rings. The molecule has 160 valence electrons. The Morgan fingerprint density at radius 1 is 0.933 bits per heavy atom. The van der Waals surface area contributed by atoms with Gasteiger partial charge in [-0.1, -0.05) is 79.9 Å². The van der Waals surface area contributed by atoms with E-state index in [-0.39, 0.29) is 18.0 Å². The summed E-state index contributed by atoms with van der Waals surface area (Å²) in [6, 6.07) is 20.7. The first-order chi connectivity index (χ1) is 14.7. The van der Waals surface area contributed by atoms with E-state index in [1.165, 1.54) is 12.7 Å². The molecule has 0 saturated carbocycles. The number of benzene rings is 2. The molecule has 1 saturated heterocycles. The van der Waals surface area contributed by atoms with Crippen molar-refractivity contribution in [3.05, 3.63) is 71.8 Å². The molecule has 0 radical (unpaired) electrons. The van der Waals surface area contributed by atoms with Crippen molar-refractivity contribution < 1.29 is 14.3 Å². The number of hydrogen-bond acceptors (Lipinski definition) is 3. The number of carbonyl (C=O) groups excluding carboxylic acids is 2. The van der Waals surface area contributed by atoms with E-state index >= 15 is 0 Å². The SMILES string of the molecule is COC(=O)CCCCCCCN1CC(c2ccccc2)N(Cc2ccccc2)C1=O. The minimum atomic E-state index is -0.136. The fourth-order valence-electron chi connectivity index (χ4n) is 4.01. The molecule has 5 heteroatoms. The highest BCUT2D eigenvalue weighted by Crippen LogP contribution is 2.31. The number of urea groups is 1. The van der Waals surface area contributed by atoms with Gasteiger partial charge >= 0.3 is 12.0 Å². The summed E-state index contributed by atoms with van der Waals surface area (Å²) >= 11 is 0. The molecule has 0 spiro atoms. The number of esters is 1. The third-order valence-corrected chi connectivity index (χ3v) is 5.70. The molecule has 1 heterocycles. The quantitative estimate of drug-likeness (QED) is 0.380. The smallest absolute Gasteiger partial charge is 0.320 e. The Hall–Kier alpha value is -2.82. The van der Waals surface area contributed by atoms with E-state index in [9.17, 15) is 9.59 Å². The summed E-state index contributed by atoms with van der Waals surface area (Å²) in [5.41, 5.74) is 2.34. The van der Waals surface area contributed by atoms with Crippen molar-refractivity contribution in [1.29, 1.82) is 0 Å². The van der Waals surface area contributed by atoms with E-state index in [1.54, 1.807) is 0 Å².